The van der Waals surface area contributed by atoms with Crippen molar-refractivity contribution in [1.82, 2.24) is 4.98 Å². The van der Waals surface area contributed by atoms with E-state index in [4.69, 9.17) is 0 Å². The number of fused-ring (bicyclic) bond motifs is 1. The van der Waals surface area contributed by atoms with E-state index in [1.54, 1.807) is 0 Å². The standard InChI is InChI=1S/C18H25N/c1-7-18(5,6)13-8-9-14-15(17(2,3)4)10-11-19-16(14)12-13/h8-12H,7H2,1-6H3. The van der Waals surface area contributed by atoms with E-state index in [-0.39, 0.29) is 10.8 Å². The molecule has 0 aliphatic rings. The molecule has 1 heteroatoms. The molecule has 0 radical (unpaired) electrons. The van der Waals surface area contributed by atoms with Crippen LogP contribution in [-0.2, 0) is 10.8 Å². The molecule has 0 fully saturated rings. The molecule has 0 aliphatic carbocycles. The zero-order valence-electron chi connectivity index (χ0n) is 13.0. The molecule has 0 spiro atoms. The van der Waals surface area contributed by atoms with Crippen molar-refractivity contribution in [1.29, 1.82) is 0 Å². The van der Waals surface area contributed by atoms with Gasteiger partial charge in [-0.25, -0.2) is 0 Å². The highest BCUT2D eigenvalue weighted by Crippen LogP contribution is 2.33. The minimum atomic E-state index is 0.156. The molecule has 1 aromatic heterocycles. The average Bonchev–Trinajstić information content (AvgIpc) is 2.36. The van der Waals surface area contributed by atoms with E-state index in [0.717, 1.165) is 11.9 Å². The Morgan fingerprint density at radius 1 is 1.00 bits per heavy atom. The Kier molecular flexibility index (Phi) is 3.42. The summed E-state index contributed by atoms with van der Waals surface area (Å²) in [7, 11) is 0. The zero-order valence-corrected chi connectivity index (χ0v) is 13.0. The number of hydrogen-bond donors (Lipinski definition) is 0. The molecule has 0 saturated heterocycles. The van der Waals surface area contributed by atoms with Crippen LogP contribution in [0.5, 0.6) is 0 Å². The molecule has 19 heavy (non-hydrogen) atoms. The number of benzene rings is 1. The van der Waals surface area contributed by atoms with Gasteiger partial charge in [-0.3, -0.25) is 4.98 Å². The Bertz CT molecular complexity index is 588. The highest BCUT2D eigenvalue weighted by Gasteiger charge is 2.21. The van der Waals surface area contributed by atoms with Crippen LogP contribution in [0.4, 0.5) is 0 Å². The minimum absolute atomic E-state index is 0.156. The third-order valence-electron chi connectivity index (χ3n) is 4.22. The fourth-order valence-corrected chi connectivity index (χ4v) is 2.43. The molecule has 0 amide bonds. The monoisotopic (exact) mass is 255 g/mol. The summed E-state index contributed by atoms with van der Waals surface area (Å²) in [5.74, 6) is 0. The molecule has 1 aromatic carbocycles. The molecule has 0 aliphatic heterocycles. The van der Waals surface area contributed by atoms with Gasteiger partial charge in [0.25, 0.3) is 0 Å². The largest absolute Gasteiger partial charge is 0.256 e. The molecular weight excluding hydrogens is 230 g/mol. The van der Waals surface area contributed by atoms with Crippen LogP contribution in [0.25, 0.3) is 10.9 Å². The second-order valence-corrected chi connectivity index (χ2v) is 7.08. The molecule has 0 saturated carbocycles. The first-order chi connectivity index (χ1) is 8.75. The van der Waals surface area contributed by atoms with Crippen LogP contribution < -0.4 is 0 Å². The van der Waals surface area contributed by atoms with E-state index in [2.05, 4.69) is 70.8 Å². The Hall–Kier alpha value is -1.37. The van der Waals surface area contributed by atoms with Crippen LogP contribution >= 0.6 is 0 Å². The first-order valence-electron chi connectivity index (χ1n) is 7.15. The van der Waals surface area contributed by atoms with Gasteiger partial charge in [0.2, 0.25) is 0 Å². The maximum absolute atomic E-state index is 4.56. The van der Waals surface area contributed by atoms with Gasteiger partial charge in [0.1, 0.15) is 0 Å². The third-order valence-corrected chi connectivity index (χ3v) is 4.22. The summed E-state index contributed by atoms with van der Waals surface area (Å²) in [4.78, 5) is 4.56. The van der Waals surface area contributed by atoms with Crippen molar-refractivity contribution >= 4 is 10.9 Å². The highest BCUT2D eigenvalue weighted by atomic mass is 14.6. The van der Waals surface area contributed by atoms with E-state index in [9.17, 15) is 0 Å². The van der Waals surface area contributed by atoms with E-state index in [0.29, 0.717) is 0 Å². The van der Waals surface area contributed by atoms with Crippen molar-refractivity contribution in [3.63, 3.8) is 0 Å². The fourth-order valence-electron chi connectivity index (χ4n) is 2.43. The van der Waals surface area contributed by atoms with Crippen molar-refractivity contribution in [3.05, 3.63) is 41.6 Å². The van der Waals surface area contributed by atoms with Crippen molar-refractivity contribution in [2.24, 2.45) is 0 Å². The lowest BCUT2D eigenvalue weighted by Crippen LogP contribution is -2.16. The first-order valence-corrected chi connectivity index (χ1v) is 7.15. The van der Waals surface area contributed by atoms with Crippen molar-refractivity contribution < 1.29 is 0 Å². The van der Waals surface area contributed by atoms with Gasteiger partial charge in [-0.2, -0.15) is 0 Å². The molecular formula is C18H25N. The predicted octanol–water partition coefficient (Wildman–Crippen LogP) is 5.22. The number of nitrogens with zero attached hydrogens (tertiary/aromatic N) is 1. The molecule has 2 rings (SSSR count). The number of rotatable bonds is 2. The maximum Gasteiger partial charge on any atom is 0.0707 e. The lowest BCUT2D eigenvalue weighted by Gasteiger charge is -2.25. The smallest absolute Gasteiger partial charge is 0.0707 e. The van der Waals surface area contributed by atoms with E-state index in [1.165, 1.54) is 16.5 Å². The normalized spacial score (nSPS) is 12.9. The number of hydrogen-bond acceptors (Lipinski definition) is 1. The van der Waals surface area contributed by atoms with Crippen molar-refractivity contribution in [2.45, 2.75) is 58.8 Å². The van der Waals surface area contributed by atoms with E-state index in [1.807, 2.05) is 6.20 Å². The quantitative estimate of drug-likeness (QED) is 0.717. The van der Waals surface area contributed by atoms with Gasteiger partial charge in [0.15, 0.2) is 0 Å². The van der Waals surface area contributed by atoms with Gasteiger partial charge >= 0.3 is 0 Å². The molecule has 2 aromatic rings. The Morgan fingerprint density at radius 3 is 2.26 bits per heavy atom. The summed E-state index contributed by atoms with van der Waals surface area (Å²) in [6, 6.07) is 8.92. The molecule has 1 nitrogen and oxygen atoms in total. The Morgan fingerprint density at radius 2 is 1.68 bits per heavy atom. The predicted molar refractivity (Wildman–Crippen MR) is 83.8 cm³/mol. The lowest BCUT2D eigenvalue weighted by atomic mass is 9.80. The van der Waals surface area contributed by atoms with Gasteiger partial charge in [0, 0.05) is 11.6 Å². The average molecular weight is 255 g/mol. The molecule has 0 unspecified atom stereocenters. The zero-order chi connectivity index (χ0) is 14.3. The van der Waals surface area contributed by atoms with Gasteiger partial charge < -0.3 is 0 Å². The SMILES string of the molecule is CCC(C)(C)c1ccc2c(C(C)(C)C)ccnc2c1. The van der Waals surface area contributed by atoms with Gasteiger partial charge in [-0.05, 0) is 40.5 Å². The first kappa shape index (κ1) is 14.0. The number of pyridine rings is 1. The van der Waals surface area contributed by atoms with Crippen LogP contribution in [0, 0.1) is 0 Å². The van der Waals surface area contributed by atoms with Crippen LogP contribution in [-0.4, -0.2) is 4.98 Å². The van der Waals surface area contributed by atoms with Crippen LogP contribution in [0.1, 0.15) is 59.1 Å². The van der Waals surface area contributed by atoms with Crippen molar-refractivity contribution in [2.75, 3.05) is 0 Å². The maximum atomic E-state index is 4.56. The second-order valence-electron chi connectivity index (χ2n) is 7.08. The van der Waals surface area contributed by atoms with Crippen LogP contribution in [0.2, 0.25) is 0 Å². The summed E-state index contributed by atoms with van der Waals surface area (Å²) in [5, 5.41) is 1.28. The fraction of sp³-hybridized carbons (Fsp3) is 0.500. The van der Waals surface area contributed by atoms with Gasteiger partial charge in [-0.15, -0.1) is 0 Å². The molecule has 0 atom stereocenters. The molecule has 102 valence electrons. The second kappa shape index (κ2) is 4.63. The number of aromatic nitrogens is 1. The van der Waals surface area contributed by atoms with Gasteiger partial charge in [-0.1, -0.05) is 53.7 Å². The summed E-state index contributed by atoms with van der Waals surface area (Å²) in [6.45, 7) is 13.6. The molecule has 0 bridgehead atoms. The van der Waals surface area contributed by atoms with Crippen molar-refractivity contribution in [3.8, 4) is 0 Å². The van der Waals surface area contributed by atoms with Gasteiger partial charge in [0.05, 0.1) is 5.52 Å². The van der Waals surface area contributed by atoms with E-state index < -0.39 is 0 Å². The summed E-state index contributed by atoms with van der Waals surface area (Å²) in [6.07, 6.45) is 3.07. The Labute approximate surface area is 117 Å². The Balaban J connectivity index is 2.64. The highest BCUT2D eigenvalue weighted by molar-refractivity contribution is 5.83. The van der Waals surface area contributed by atoms with Crippen LogP contribution in [0.3, 0.4) is 0 Å². The molecule has 0 N–H and O–H groups in total. The van der Waals surface area contributed by atoms with E-state index >= 15 is 0 Å². The lowest BCUT2D eigenvalue weighted by molar-refractivity contribution is 0.507. The molecule has 1 heterocycles. The third kappa shape index (κ3) is 2.65. The van der Waals surface area contributed by atoms with Crippen LogP contribution in [0.15, 0.2) is 30.5 Å². The summed E-state index contributed by atoms with van der Waals surface area (Å²) >= 11 is 0. The topological polar surface area (TPSA) is 12.9 Å². The summed E-state index contributed by atoms with van der Waals surface area (Å²) in [5.41, 5.74) is 4.24. The minimum Gasteiger partial charge on any atom is -0.256 e. The summed E-state index contributed by atoms with van der Waals surface area (Å²) < 4.78 is 0.